The molecule has 0 aromatic heterocycles. The molecule has 3 saturated carbocycles. The number of fused-ring (bicyclic) bond motifs is 5. The van der Waals surface area contributed by atoms with Gasteiger partial charge in [-0.2, -0.15) is 0 Å². The Kier molecular flexibility index (Phi) is 8.05. The lowest BCUT2D eigenvalue weighted by molar-refractivity contribution is -0.0829. The molecule has 0 bridgehead atoms. The van der Waals surface area contributed by atoms with Gasteiger partial charge in [-0.25, -0.2) is 18.0 Å². The van der Waals surface area contributed by atoms with E-state index in [1.807, 2.05) is 6.07 Å². The second-order valence-electron chi connectivity index (χ2n) is 12.7. The topological polar surface area (TPSA) is 105 Å². The van der Waals surface area contributed by atoms with Crippen molar-refractivity contribution >= 4 is 22.1 Å². The van der Waals surface area contributed by atoms with Gasteiger partial charge < -0.3 is 18.9 Å². The third kappa shape index (κ3) is 5.19. The number of benzene rings is 1. The van der Waals surface area contributed by atoms with Crippen molar-refractivity contribution in [3.05, 3.63) is 53.6 Å². The summed E-state index contributed by atoms with van der Waals surface area (Å²) >= 11 is 0. The molecule has 0 radical (unpaired) electrons. The summed E-state index contributed by atoms with van der Waals surface area (Å²) in [5.41, 5.74) is 1.99. The van der Waals surface area contributed by atoms with Crippen molar-refractivity contribution < 1.29 is 37.0 Å². The minimum Gasteiger partial charge on any atom is -0.438 e. The first-order valence-electron chi connectivity index (χ1n) is 14.6. The van der Waals surface area contributed by atoms with Crippen LogP contribution in [-0.4, -0.2) is 52.9 Å². The van der Waals surface area contributed by atoms with Crippen molar-refractivity contribution in [1.29, 1.82) is 0 Å². The van der Waals surface area contributed by atoms with Crippen molar-refractivity contribution in [3.63, 3.8) is 0 Å². The molecule has 0 spiro atoms. The lowest BCUT2D eigenvalue weighted by atomic mass is 9.49. The Morgan fingerprint density at radius 2 is 1.63 bits per heavy atom. The Bertz CT molecular complexity index is 1330. The van der Waals surface area contributed by atoms with E-state index in [0.717, 1.165) is 31.3 Å². The third-order valence-corrected chi connectivity index (χ3v) is 12.7. The van der Waals surface area contributed by atoms with E-state index in [1.165, 1.54) is 19.8 Å². The maximum Gasteiger partial charge on any atom is 0.508 e. The number of carbonyl (C=O) groups is 2. The van der Waals surface area contributed by atoms with Gasteiger partial charge in [-0.05, 0) is 66.9 Å². The van der Waals surface area contributed by atoms with Gasteiger partial charge in [-0.1, -0.05) is 62.3 Å². The zero-order chi connectivity index (χ0) is 29.6. The Labute approximate surface area is 243 Å². The van der Waals surface area contributed by atoms with Crippen LogP contribution in [0.3, 0.4) is 0 Å². The maximum absolute atomic E-state index is 13.2. The Balaban J connectivity index is 1.41. The molecule has 1 unspecified atom stereocenters. The highest BCUT2D eigenvalue weighted by Crippen LogP contribution is 2.66. The van der Waals surface area contributed by atoms with Gasteiger partial charge >= 0.3 is 12.3 Å². The van der Waals surface area contributed by atoms with Gasteiger partial charge in [0, 0.05) is 18.3 Å². The molecule has 0 amide bonds. The average Bonchev–Trinajstić information content (AvgIpc) is 3.31. The smallest absolute Gasteiger partial charge is 0.438 e. The largest absolute Gasteiger partial charge is 0.508 e. The highest BCUT2D eigenvalue weighted by Gasteiger charge is 2.60. The van der Waals surface area contributed by atoms with Gasteiger partial charge in [-0.3, -0.25) is 0 Å². The Morgan fingerprint density at radius 1 is 0.951 bits per heavy atom. The van der Waals surface area contributed by atoms with Crippen molar-refractivity contribution in [3.8, 4) is 0 Å². The number of hydrogen-bond donors (Lipinski definition) is 0. The summed E-state index contributed by atoms with van der Waals surface area (Å²) in [6, 6.07) is 8.75. The van der Waals surface area contributed by atoms with E-state index in [-0.39, 0.29) is 28.9 Å². The molecule has 0 saturated heterocycles. The van der Waals surface area contributed by atoms with Gasteiger partial charge in [-0.15, -0.1) is 0 Å². The summed E-state index contributed by atoms with van der Waals surface area (Å²) in [6.07, 6.45) is 6.65. The average molecular weight is 587 g/mol. The second-order valence-corrected chi connectivity index (χ2v) is 14.8. The summed E-state index contributed by atoms with van der Waals surface area (Å²) in [5.74, 6) is 0.948. The normalized spacial score (nSPS) is 35.0. The molecular formula is C32H42O8S. The lowest BCUT2D eigenvalue weighted by Gasteiger charge is -2.57. The van der Waals surface area contributed by atoms with Crippen molar-refractivity contribution in [2.24, 2.45) is 34.5 Å². The van der Waals surface area contributed by atoms with Crippen LogP contribution in [0.15, 0.2) is 58.5 Å². The summed E-state index contributed by atoms with van der Waals surface area (Å²) in [4.78, 5) is 24.6. The van der Waals surface area contributed by atoms with Crippen LogP contribution in [-0.2, 0) is 28.8 Å². The van der Waals surface area contributed by atoms with Crippen molar-refractivity contribution in [2.45, 2.75) is 76.4 Å². The molecule has 0 aliphatic heterocycles. The number of carbonyl (C=O) groups excluding carboxylic acids is 2. The fourth-order valence-electron chi connectivity index (χ4n) is 8.78. The zero-order valence-corrected chi connectivity index (χ0v) is 25.4. The van der Waals surface area contributed by atoms with Crippen LogP contribution < -0.4 is 0 Å². The molecule has 0 N–H and O–H groups in total. The molecule has 4 aliphatic carbocycles. The van der Waals surface area contributed by atoms with Gasteiger partial charge in [0.1, 0.15) is 12.2 Å². The number of hydrogen-bond acceptors (Lipinski definition) is 8. The molecule has 8 atom stereocenters. The summed E-state index contributed by atoms with van der Waals surface area (Å²) < 4.78 is 47.5. The monoisotopic (exact) mass is 586 g/mol. The van der Waals surface area contributed by atoms with Crippen LogP contribution in [0.25, 0.3) is 0 Å². The predicted molar refractivity (Wildman–Crippen MR) is 153 cm³/mol. The highest BCUT2D eigenvalue weighted by atomic mass is 32.2. The molecule has 5 rings (SSSR count). The van der Waals surface area contributed by atoms with Crippen LogP contribution >= 0.6 is 0 Å². The molecule has 0 heterocycles. The van der Waals surface area contributed by atoms with Crippen LogP contribution in [0.2, 0.25) is 0 Å². The Morgan fingerprint density at radius 3 is 2.32 bits per heavy atom. The fraction of sp³-hybridized carbons (Fsp3) is 0.625. The number of ether oxygens (including phenoxy) is 4. The SMILES string of the molecule is COC(=O)O[C@@H]1CC2=CC=C3[C@@H]4CC[C@H](C(C)CS(=O)(=O)c5ccccc5)[C@@]4(C)CC[C@@H]3[C@@]2(C)[C@@H](OC(=O)OC)C1. The van der Waals surface area contributed by atoms with E-state index in [0.29, 0.717) is 23.7 Å². The number of allylic oxidation sites excluding steroid dienone is 3. The number of methoxy groups -OCH3 is 2. The molecule has 224 valence electrons. The lowest BCUT2D eigenvalue weighted by Crippen LogP contribution is -2.54. The molecule has 1 aromatic rings. The number of sulfone groups is 1. The highest BCUT2D eigenvalue weighted by molar-refractivity contribution is 7.91. The van der Waals surface area contributed by atoms with E-state index < -0.39 is 39.8 Å². The van der Waals surface area contributed by atoms with Crippen molar-refractivity contribution in [2.75, 3.05) is 20.0 Å². The second kappa shape index (κ2) is 11.1. The first-order chi connectivity index (χ1) is 19.4. The standard InChI is InChI=1S/C32H42O8S/c1-20(19-41(35,36)23-9-7-6-8-10-23)25-13-14-26-24-12-11-21-17-22(39-29(33)37-4)18-28(40-30(34)38-5)32(21,3)27(24)15-16-31(25,26)2/h6-12,20,22,25-28H,13-19H2,1-5H3/t20?,22-,25-,26+,27+,28+,31-,32+/m1/s1. The van der Waals surface area contributed by atoms with Gasteiger partial charge in [0.2, 0.25) is 0 Å². The van der Waals surface area contributed by atoms with Gasteiger partial charge in [0.15, 0.2) is 9.84 Å². The first kappa shape index (κ1) is 29.7. The molecule has 1 aromatic carbocycles. The molecule has 9 heteroatoms. The van der Waals surface area contributed by atoms with Crippen molar-refractivity contribution in [1.82, 2.24) is 0 Å². The zero-order valence-electron chi connectivity index (χ0n) is 24.6. The summed E-state index contributed by atoms with van der Waals surface area (Å²) in [5, 5.41) is 0. The molecule has 41 heavy (non-hydrogen) atoms. The Hall–Kier alpha value is -2.81. The molecular weight excluding hydrogens is 544 g/mol. The van der Waals surface area contributed by atoms with E-state index in [1.54, 1.807) is 24.3 Å². The maximum atomic E-state index is 13.2. The first-order valence-corrected chi connectivity index (χ1v) is 16.3. The molecule has 4 aliphatic rings. The van der Waals surface area contributed by atoms with Crippen LogP contribution in [0.4, 0.5) is 9.59 Å². The van der Waals surface area contributed by atoms with Gasteiger partial charge in [0.05, 0.1) is 24.9 Å². The van der Waals surface area contributed by atoms with Crippen LogP contribution in [0, 0.1) is 34.5 Å². The van der Waals surface area contributed by atoms with E-state index in [4.69, 9.17) is 18.9 Å². The van der Waals surface area contributed by atoms with E-state index in [2.05, 4.69) is 32.9 Å². The molecule has 3 fully saturated rings. The third-order valence-electron chi connectivity index (χ3n) is 10.8. The minimum atomic E-state index is -3.38. The fourth-order valence-corrected chi connectivity index (χ4v) is 10.5. The summed E-state index contributed by atoms with van der Waals surface area (Å²) in [7, 11) is -0.806. The van der Waals surface area contributed by atoms with E-state index >= 15 is 0 Å². The minimum absolute atomic E-state index is 0.0143. The summed E-state index contributed by atoms with van der Waals surface area (Å²) in [6.45, 7) is 6.62. The number of rotatable bonds is 6. The predicted octanol–water partition coefficient (Wildman–Crippen LogP) is 6.51. The van der Waals surface area contributed by atoms with Crippen LogP contribution in [0.1, 0.15) is 59.3 Å². The molecule has 8 nitrogen and oxygen atoms in total. The van der Waals surface area contributed by atoms with Gasteiger partial charge in [0.25, 0.3) is 0 Å². The van der Waals surface area contributed by atoms with E-state index in [9.17, 15) is 18.0 Å². The quantitative estimate of drug-likeness (QED) is 0.348. The van der Waals surface area contributed by atoms with Crippen LogP contribution in [0.5, 0.6) is 0 Å².